The van der Waals surface area contributed by atoms with Gasteiger partial charge in [-0.05, 0) is 17.7 Å². The smallest absolute Gasteiger partial charge is 0.203 e. The van der Waals surface area contributed by atoms with Gasteiger partial charge >= 0.3 is 0 Å². The Balaban J connectivity index is 2.22. The Morgan fingerprint density at radius 3 is 2.67 bits per heavy atom. The molecule has 0 aliphatic rings. The van der Waals surface area contributed by atoms with Crippen LogP contribution < -0.4 is 5.73 Å². The summed E-state index contributed by atoms with van der Waals surface area (Å²) in [5.41, 5.74) is 6.58. The maximum atomic E-state index is 5.48. The molecule has 0 atom stereocenters. The Kier molecular flexibility index (Phi) is 3.13. The van der Waals surface area contributed by atoms with Crippen LogP contribution >= 0.6 is 27.3 Å². The summed E-state index contributed by atoms with van der Waals surface area (Å²) >= 11 is 4.83. The molecule has 76 valence electrons. The molecule has 0 saturated heterocycles. The van der Waals surface area contributed by atoms with Crippen LogP contribution in [0.3, 0.4) is 0 Å². The van der Waals surface area contributed by atoms with Crippen LogP contribution in [0.1, 0.15) is 10.6 Å². The van der Waals surface area contributed by atoms with Crippen LogP contribution in [0.25, 0.3) is 12.2 Å². The third-order valence-electron chi connectivity index (χ3n) is 1.77. The van der Waals surface area contributed by atoms with Crippen molar-refractivity contribution in [3.8, 4) is 0 Å². The highest BCUT2D eigenvalue weighted by Gasteiger charge is 1.97. The number of nitrogens with two attached hydrogens (primary N) is 1. The summed E-state index contributed by atoms with van der Waals surface area (Å²) in [7, 11) is 0. The quantitative estimate of drug-likeness (QED) is 0.921. The molecule has 0 spiro atoms. The molecule has 0 saturated carbocycles. The maximum Gasteiger partial charge on any atom is 0.203 e. The van der Waals surface area contributed by atoms with Gasteiger partial charge in [0, 0.05) is 4.47 Å². The number of aromatic nitrogens is 2. The summed E-state index contributed by atoms with van der Waals surface area (Å²) in [6.45, 7) is 0. The van der Waals surface area contributed by atoms with Crippen molar-refractivity contribution < 1.29 is 0 Å². The second-order valence-corrected chi connectivity index (χ2v) is 4.73. The van der Waals surface area contributed by atoms with Crippen molar-refractivity contribution in [3.63, 3.8) is 0 Å². The first-order chi connectivity index (χ1) is 7.25. The van der Waals surface area contributed by atoms with Crippen LogP contribution in [0, 0.1) is 0 Å². The number of halogens is 1. The zero-order valence-electron chi connectivity index (χ0n) is 7.72. The topological polar surface area (TPSA) is 51.8 Å². The SMILES string of the molecule is Nc1nnc(/C=C/c2ccccc2Br)s1. The van der Waals surface area contributed by atoms with Gasteiger partial charge in [0.25, 0.3) is 0 Å². The third-order valence-corrected chi connectivity index (χ3v) is 3.21. The summed E-state index contributed by atoms with van der Waals surface area (Å²) in [6, 6.07) is 7.97. The van der Waals surface area contributed by atoms with Crippen LogP contribution in [-0.2, 0) is 0 Å². The number of rotatable bonds is 2. The van der Waals surface area contributed by atoms with Crippen LogP contribution in [0.4, 0.5) is 5.13 Å². The predicted molar refractivity (Wildman–Crippen MR) is 67.4 cm³/mol. The van der Waals surface area contributed by atoms with E-state index in [1.54, 1.807) is 0 Å². The van der Waals surface area contributed by atoms with Gasteiger partial charge in [-0.2, -0.15) is 0 Å². The first kappa shape index (κ1) is 10.3. The Hall–Kier alpha value is -1.20. The highest BCUT2D eigenvalue weighted by Crippen LogP contribution is 2.19. The van der Waals surface area contributed by atoms with Gasteiger partial charge in [0.15, 0.2) is 0 Å². The monoisotopic (exact) mass is 281 g/mol. The molecule has 0 aliphatic carbocycles. The molecule has 2 rings (SSSR count). The van der Waals surface area contributed by atoms with Crippen molar-refractivity contribution in [3.05, 3.63) is 39.3 Å². The Bertz CT molecular complexity index is 493. The second kappa shape index (κ2) is 4.55. The van der Waals surface area contributed by atoms with Crippen LogP contribution in [0.2, 0.25) is 0 Å². The molecule has 1 aromatic carbocycles. The third kappa shape index (κ3) is 2.64. The first-order valence-electron chi connectivity index (χ1n) is 4.27. The Morgan fingerprint density at radius 2 is 2.00 bits per heavy atom. The van der Waals surface area contributed by atoms with Crippen molar-refractivity contribution in [1.29, 1.82) is 0 Å². The average Bonchev–Trinajstić information content (AvgIpc) is 2.63. The summed E-state index contributed by atoms with van der Waals surface area (Å²) in [5, 5.41) is 8.93. The first-order valence-corrected chi connectivity index (χ1v) is 5.88. The fraction of sp³-hybridized carbons (Fsp3) is 0. The minimum absolute atomic E-state index is 0.488. The number of hydrogen-bond donors (Lipinski definition) is 1. The van der Waals surface area contributed by atoms with E-state index in [0.29, 0.717) is 5.13 Å². The molecule has 2 N–H and O–H groups in total. The van der Waals surface area contributed by atoms with E-state index in [2.05, 4.69) is 26.1 Å². The van der Waals surface area contributed by atoms with Crippen molar-refractivity contribution in [2.75, 3.05) is 5.73 Å². The van der Waals surface area contributed by atoms with Crippen molar-refractivity contribution in [2.24, 2.45) is 0 Å². The summed E-state index contributed by atoms with van der Waals surface area (Å²) in [4.78, 5) is 0. The van der Waals surface area contributed by atoms with Gasteiger partial charge in [0.05, 0.1) is 0 Å². The van der Waals surface area contributed by atoms with Gasteiger partial charge in [-0.3, -0.25) is 0 Å². The predicted octanol–water partition coefficient (Wildman–Crippen LogP) is 3.05. The Labute approximate surface area is 99.8 Å². The molecular weight excluding hydrogens is 274 g/mol. The van der Waals surface area contributed by atoms with Crippen molar-refractivity contribution in [1.82, 2.24) is 10.2 Å². The molecule has 3 nitrogen and oxygen atoms in total. The molecule has 0 aliphatic heterocycles. The molecule has 0 radical (unpaired) electrons. The van der Waals surface area contributed by atoms with Gasteiger partial charge in [-0.15, -0.1) is 10.2 Å². The molecule has 0 unspecified atom stereocenters. The number of hydrogen-bond acceptors (Lipinski definition) is 4. The number of nitrogens with zero attached hydrogens (tertiary/aromatic N) is 2. The fourth-order valence-electron chi connectivity index (χ4n) is 1.09. The molecular formula is C10H8BrN3S. The van der Waals surface area contributed by atoms with Gasteiger partial charge in [0.1, 0.15) is 5.01 Å². The lowest BCUT2D eigenvalue weighted by Crippen LogP contribution is -1.79. The maximum absolute atomic E-state index is 5.48. The number of nitrogen functional groups attached to an aromatic ring is 1. The fourth-order valence-corrected chi connectivity index (χ4v) is 2.02. The van der Waals surface area contributed by atoms with Crippen LogP contribution in [-0.4, -0.2) is 10.2 Å². The van der Waals surface area contributed by atoms with E-state index in [1.807, 2.05) is 36.4 Å². The molecule has 1 aromatic heterocycles. The molecule has 2 aromatic rings. The summed E-state index contributed by atoms with van der Waals surface area (Å²) in [6.07, 6.45) is 3.87. The minimum Gasteiger partial charge on any atom is -0.374 e. The molecule has 0 bridgehead atoms. The molecule has 0 amide bonds. The van der Waals surface area contributed by atoms with Gasteiger partial charge < -0.3 is 5.73 Å². The lowest BCUT2D eigenvalue weighted by atomic mass is 10.2. The van der Waals surface area contributed by atoms with Crippen LogP contribution in [0.5, 0.6) is 0 Å². The standard InChI is InChI=1S/C10H8BrN3S/c11-8-4-2-1-3-7(8)5-6-9-13-14-10(12)15-9/h1-6H,(H2,12,14)/b6-5+. The largest absolute Gasteiger partial charge is 0.374 e. The Morgan fingerprint density at radius 1 is 1.20 bits per heavy atom. The van der Waals surface area contributed by atoms with Crippen molar-refractivity contribution in [2.45, 2.75) is 0 Å². The lowest BCUT2D eigenvalue weighted by molar-refractivity contribution is 1.09. The van der Waals surface area contributed by atoms with Crippen molar-refractivity contribution >= 4 is 44.6 Å². The minimum atomic E-state index is 0.488. The molecule has 5 heteroatoms. The zero-order chi connectivity index (χ0) is 10.7. The van der Waals surface area contributed by atoms with Gasteiger partial charge in [0.2, 0.25) is 5.13 Å². The van der Waals surface area contributed by atoms with E-state index in [1.165, 1.54) is 11.3 Å². The number of anilines is 1. The summed E-state index contributed by atoms with van der Waals surface area (Å²) < 4.78 is 1.05. The second-order valence-electron chi connectivity index (χ2n) is 2.83. The average molecular weight is 282 g/mol. The molecule has 15 heavy (non-hydrogen) atoms. The molecule has 1 heterocycles. The van der Waals surface area contributed by atoms with Gasteiger partial charge in [-0.25, -0.2) is 0 Å². The van der Waals surface area contributed by atoms with E-state index in [-0.39, 0.29) is 0 Å². The van der Waals surface area contributed by atoms with E-state index >= 15 is 0 Å². The highest BCUT2D eigenvalue weighted by atomic mass is 79.9. The summed E-state index contributed by atoms with van der Waals surface area (Å²) in [5.74, 6) is 0. The number of benzene rings is 1. The van der Waals surface area contributed by atoms with E-state index in [4.69, 9.17) is 5.73 Å². The van der Waals surface area contributed by atoms with Crippen LogP contribution in [0.15, 0.2) is 28.7 Å². The van der Waals surface area contributed by atoms with E-state index in [0.717, 1.165) is 15.0 Å². The van der Waals surface area contributed by atoms with E-state index < -0.39 is 0 Å². The highest BCUT2D eigenvalue weighted by molar-refractivity contribution is 9.10. The normalized spacial score (nSPS) is 11.0. The van der Waals surface area contributed by atoms with E-state index in [9.17, 15) is 0 Å². The lowest BCUT2D eigenvalue weighted by Gasteiger charge is -1.95. The zero-order valence-corrected chi connectivity index (χ0v) is 10.1. The van der Waals surface area contributed by atoms with Gasteiger partial charge in [-0.1, -0.05) is 51.5 Å². The molecule has 0 fully saturated rings.